The van der Waals surface area contributed by atoms with Crippen LogP contribution < -0.4 is 11.3 Å². The third kappa shape index (κ3) is 4.96. The summed E-state index contributed by atoms with van der Waals surface area (Å²) in [6.45, 7) is 4.47. The fourth-order valence-electron chi connectivity index (χ4n) is 2.20. The second-order valence-electron chi connectivity index (χ2n) is 4.49. The Kier molecular flexibility index (Phi) is 7.12. The average molecular weight is 275 g/mol. The van der Waals surface area contributed by atoms with Crippen molar-refractivity contribution in [3.05, 3.63) is 21.3 Å². The van der Waals surface area contributed by atoms with Crippen LogP contribution in [-0.4, -0.2) is 6.04 Å². The first-order chi connectivity index (χ1) is 8.21. The van der Waals surface area contributed by atoms with Gasteiger partial charge in [0.15, 0.2) is 0 Å². The Morgan fingerprint density at radius 1 is 1.41 bits per heavy atom. The van der Waals surface area contributed by atoms with Crippen molar-refractivity contribution >= 4 is 22.9 Å². The maximum atomic E-state index is 5.95. The third-order valence-corrected chi connectivity index (χ3v) is 4.54. The molecule has 0 amide bonds. The van der Waals surface area contributed by atoms with Crippen LogP contribution in [0.3, 0.4) is 0 Å². The second kappa shape index (κ2) is 8.09. The Hall–Kier alpha value is -0.0900. The monoisotopic (exact) mass is 274 g/mol. The Balaban J connectivity index is 2.56. The molecule has 17 heavy (non-hydrogen) atoms. The molecular formula is C13H23ClN2S. The molecule has 0 saturated carbocycles. The molecule has 2 atom stereocenters. The number of nitrogens with two attached hydrogens (primary N) is 1. The van der Waals surface area contributed by atoms with Crippen molar-refractivity contribution in [1.29, 1.82) is 0 Å². The van der Waals surface area contributed by atoms with Crippen LogP contribution >= 0.6 is 22.9 Å². The summed E-state index contributed by atoms with van der Waals surface area (Å²) in [6, 6.07) is 4.42. The zero-order chi connectivity index (χ0) is 12.7. The highest BCUT2D eigenvalue weighted by Gasteiger charge is 2.19. The van der Waals surface area contributed by atoms with Crippen LogP contribution in [0.25, 0.3) is 0 Å². The lowest BCUT2D eigenvalue weighted by Gasteiger charge is -2.25. The molecule has 2 nitrogen and oxygen atoms in total. The summed E-state index contributed by atoms with van der Waals surface area (Å²) in [6.07, 6.45) is 5.94. The van der Waals surface area contributed by atoms with Gasteiger partial charge in [0, 0.05) is 10.9 Å². The molecule has 2 unspecified atom stereocenters. The summed E-state index contributed by atoms with van der Waals surface area (Å²) in [4.78, 5) is 1.31. The molecule has 0 spiro atoms. The highest BCUT2D eigenvalue weighted by Crippen LogP contribution is 2.26. The molecular weight excluding hydrogens is 252 g/mol. The van der Waals surface area contributed by atoms with Gasteiger partial charge >= 0.3 is 0 Å². The number of hydrogen-bond acceptors (Lipinski definition) is 3. The van der Waals surface area contributed by atoms with Gasteiger partial charge in [-0.3, -0.25) is 11.3 Å². The largest absolute Gasteiger partial charge is 0.271 e. The molecule has 1 aromatic rings. The van der Waals surface area contributed by atoms with Crippen molar-refractivity contribution in [3.8, 4) is 0 Å². The maximum absolute atomic E-state index is 5.95. The molecule has 98 valence electrons. The molecule has 0 radical (unpaired) electrons. The number of halogens is 1. The van der Waals surface area contributed by atoms with Crippen molar-refractivity contribution < 1.29 is 0 Å². The van der Waals surface area contributed by atoms with Crippen LogP contribution in [0.1, 0.15) is 44.4 Å². The van der Waals surface area contributed by atoms with Gasteiger partial charge in [0.25, 0.3) is 0 Å². The maximum Gasteiger partial charge on any atom is 0.0931 e. The van der Waals surface area contributed by atoms with Crippen molar-refractivity contribution in [3.63, 3.8) is 0 Å². The van der Waals surface area contributed by atoms with E-state index in [4.69, 9.17) is 17.4 Å². The number of rotatable bonds is 8. The lowest BCUT2D eigenvalue weighted by atomic mass is 9.89. The quantitative estimate of drug-likeness (QED) is 0.556. The van der Waals surface area contributed by atoms with Crippen LogP contribution in [0.5, 0.6) is 0 Å². The zero-order valence-corrected chi connectivity index (χ0v) is 12.3. The van der Waals surface area contributed by atoms with Gasteiger partial charge in [0.2, 0.25) is 0 Å². The van der Waals surface area contributed by atoms with E-state index in [-0.39, 0.29) is 0 Å². The first-order valence-corrected chi connectivity index (χ1v) is 7.61. The van der Waals surface area contributed by atoms with Gasteiger partial charge < -0.3 is 0 Å². The van der Waals surface area contributed by atoms with E-state index in [1.54, 1.807) is 11.3 Å². The predicted molar refractivity (Wildman–Crippen MR) is 77.5 cm³/mol. The van der Waals surface area contributed by atoms with Crippen molar-refractivity contribution in [2.75, 3.05) is 0 Å². The topological polar surface area (TPSA) is 38.0 Å². The van der Waals surface area contributed by atoms with Gasteiger partial charge in [-0.2, -0.15) is 0 Å². The number of hydrogen-bond donors (Lipinski definition) is 2. The summed E-state index contributed by atoms with van der Waals surface area (Å²) in [7, 11) is 0. The van der Waals surface area contributed by atoms with Crippen molar-refractivity contribution in [1.82, 2.24) is 5.43 Å². The smallest absolute Gasteiger partial charge is 0.0931 e. The summed E-state index contributed by atoms with van der Waals surface area (Å²) in [5.41, 5.74) is 2.98. The Labute approximate surface area is 114 Å². The molecule has 0 fully saturated rings. The highest BCUT2D eigenvalue weighted by molar-refractivity contribution is 7.16. The average Bonchev–Trinajstić information content (AvgIpc) is 2.74. The molecule has 1 aromatic heterocycles. The fraction of sp³-hybridized carbons (Fsp3) is 0.692. The Bertz CT molecular complexity index is 314. The first-order valence-electron chi connectivity index (χ1n) is 6.41. The lowest BCUT2D eigenvalue weighted by molar-refractivity contribution is 0.319. The van der Waals surface area contributed by atoms with E-state index in [0.29, 0.717) is 12.0 Å². The molecule has 0 bridgehead atoms. The summed E-state index contributed by atoms with van der Waals surface area (Å²) < 4.78 is 0.859. The molecule has 1 rings (SSSR count). The van der Waals surface area contributed by atoms with E-state index in [1.807, 2.05) is 6.07 Å². The van der Waals surface area contributed by atoms with E-state index >= 15 is 0 Å². The highest BCUT2D eigenvalue weighted by atomic mass is 35.5. The zero-order valence-electron chi connectivity index (χ0n) is 10.7. The van der Waals surface area contributed by atoms with Crippen LogP contribution in [0.15, 0.2) is 12.1 Å². The van der Waals surface area contributed by atoms with Crippen LogP contribution in [0, 0.1) is 5.92 Å². The second-order valence-corrected chi connectivity index (χ2v) is 6.29. The molecule has 0 aliphatic heterocycles. The minimum absolute atomic E-state index is 0.362. The Morgan fingerprint density at radius 3 is 2.65 bits per heavy atom. The Morgan fingerprint density at radius 2 is 2.18 bits per heavy atom. The molecule has 4 heteroatoms. The van der Waals surface area contributed by atoms with Gasteiger partial charge in [-0.1, -0.05) is 44.7 Å². The van der Waals surface area contributed by atoms with Crippen molar-refractivity contribution in [2.24, 2.45) is 11.8 Å². The number of hydrazine groups is 1. The number of nitrogens with one attached hydrogen (secondary N) is 1. The summed E-state index contributed by atoms with van der Waals surface area (Å²) in [5.74, 6) is 6.35. The van der Waals surface area contributed by atoms with E-state index in [0.717, 1.165) is 10.8 Å². The molecule has 1 heterocycles. The van der Waals surface area contributed by atoms with Crippen LogP contribution in [0.2, 0.25) is 4.34 Å². The minimum atomic E-state index is 0.362. The van der Waals surface area contributed by atoms with E-state index in [2.05, 4.69) is 25.3 Å². The predicted octanol–water partition coefficient (Wildman–Crippen LogP) is 3.99. The van der Waals surface area contributed by atoms with Gasteiger partial charge in [0.1, 0.15) is 0 Å². The number of thiophene rings is 1. The van der Waals surface area contributed by atoms with Gasteiger partial charge in [0.05, 0.1) is 4.34 Å². The SMILES string of the molecule is CCCCC(CC)C(Cc1ccc(Cl)s1)NN. The van der Waals surface area contributed by atoms with E-state index in [1.165, 1.54) is 30.6 Å². The molecule has 3 N–H and O–H groups in total. The van der Waals surface area contributed by atoms with Gasteiger partial charge in [-0.25, -0.2) is 0 Å². The summed E-state index contributed by atoms with van der Waals surface area (Å²) in [5, 5.41) is 0. The van der Waals surface area contributed by atoms with Gasteiger partial charge in [-0.05, 0) is 30.9 Å². The van der Waals surface area contributed by atoms with Crippen LogP contribution in [0.4, 0.5) is 0 Å². The standard InChI is InChI=1S/C13H23ClN2S/c1-3-5-6-10(4-2)12(16-15)9-11-7-8-13(14)17-11/h7-8,10,12,16H,3-6,9,15H2,1-2H3. The number of unbranched alkanes of at least 4 members (excludes halogenated alkanes) is 1. The molecule has 0 aromatic carbocycles. The normalized spacial score (nSPS) is 14.8. The first kappa shape index (κ1) is 15.0. The molecule has 0 aliphatic rings. The van der Waals surface area contributed by atoms with Gasteiger partial charge in [-0.15, -0.1) is 11.3 Å². The third-order valence-electron chi connectivity index (χ3n) is 3.29. The lowest BCUT2D eigenvalue weighted by Crippen LogP contribution is -2.42. The van der Waals surface area contributed by atoms with E-state index in [9.17, 15) is 0 Å². The molecule has 0 aliphatic carbocycles. The van der Waals surface area contributed by atoms with Crippen LogP contribution in [-0.2, 0) is 6.42 Å². The summed E-state index contributed by atoms with van der Waals surface area (Å²) >= 11 is 7.60. The minimum Gasteiger partial charge on any atom is -0.271 e. The fourth-order valence-corrected chi connectivity index (χ4v) is 3.34. The van der Waals surface area contributed by atoms with E-state index < -0.39 is 0 Å². The van der Waals surface area contributed by atoms with Crippen molar-refractivity contribution in [2.45, 2.75) is 52.0 Å². The molecule has 0 saturated heterocycles.